The molecule has 1 aliphatic rings. The van der Waals surface area contributed by atoms with Crippen molar-refractivity contribution < 1.29 is 49.1 Å². The Balaban J connectivity index is 1.98. The third kappa shape index (κ3) is 8.76. The van der Waals surface area contributed by atoms with E-state index in [1.807, 2.05) is 26.1 Å². The maximum Gasteiger partial charge on any atom is 0.416 e. The number of rotatable bonds is 10. The molecule has 0 radical (unpaired) electrons. The fraction of sp³-hybridized carbons (Fsp3) is 0.467. The Kier molecular flexibility index (Phi) is 10.2. The zero-order valence-electron chi connectivity index (χ0n) is 24.6. The number of sulfonamides is 1. The van der Waals surface area contributed by atoms with Crippen LogP contribution in [-0.2, 0) is 30.6 Å². The van der Waals surface area contributed by atoms with Crippen LogP contribution in [0, 0.1) is 0 Å². The number of ether oxygens (including phenoxy) is 1. The van der Waals surface area contributed by atoms with E-state index in [0.29, 0.717) is 12.7 Å². The number of hydrogen-bond acceptors (Lipinski definition) is 5. The van der Waals surface area contributed by atoms with Crippen molar-refractivity contribution in [1.29, 1.82) is 0 Å². The second-order valence-electron chi connectivity index (χ2n) is 11.7. The van der Waals surface area contributed by atoms with Gasteiger partial charge in [-0.1, -0.05) is 57.2 Å². The number of nitrogens with one attached hydrogen (secondary N) is 2. The van der Waals surface area contributed by atoms with E-state index in [1.54, 1.807) is 16.9 Å². The summed E-state index contributed by atoms with van der Waals surface area (Å²) in [7, 11) is -4.16. The quantitative estimate of drug-likeness (QED) is 0.179. The molecule has 0 aliphatic carbocycles. The summed E-state index contributed by atoms with van der Waals surface area (Å²) in [5.74, 6) is -2.61. The van der Waals surface area contributed by atoms with E-state index in [9.17, 15) is 44.3 Å². The number of carbonyl (C=O) groups is 2. The first-order valence-corrected chi connectivity index (χ1v) is 15.6. The van der Waals surface area contributed by atoms with Gasteiger partial charge < -0.3 is 10.1 Å². The summed E-state index contributed by atoms with van der Waals surface area (Å²) in [5.41, 5.74) is -3.77. The van der Waals surface area contributed by atoms with Crippen LogP contribution in [0.1, 0.15) is 69.6 Å². The lowest BCUT2D eigenvalue weighted by molar-refractivity contribution is -0.201. The molecular weight excluding hydrogens is 614 g/mol. The van der Waals surface area contributed by atoms with Crippen molar-refractivity contribution in [1.82, 2.24) is 10.0 Å². The molecule has 0 aromatic heterocycles. The van der Waals surface area contributed by atoms with Crippen molar-refractivity contribution in [2.45, 2.75) is 76.2 Å². The lowest BCUT2D eigenvalue weighted by Crippen LogP contribution is -2.59. The SMILES string of the molecule is CC(C)(C)c1ccc(C2=C(C(=O)NS(C)(=O)=O)C(=O)N[C@@](c3ccc(OCCCCCC(F)(F)F)cc3)(C(F)(F)F)C2)cc1. The molecule has 14 heteroatoms. The van der Waals surface area contributed by atoms with E-state index in [4.69, 9.17) is 4.74 Å². The summed E-state index contributed by atoms with van der Waals surface area (Å²) < 4.78 is 112. The molecule has 0 saturated heterocycles. The van der Waals surface area contributed by atoms with Gasteiger partial charge in [0.1, 0.15) is 11.3 Å². The van der Waals surface area contributed by atoms with Crippen LogP contribution in [0.3, 0.4) is 0 Å². The van der Waals surface area contributed by atoms with Crippen LogP contribution in [0.4, 0.5) is 26.3 Å². The van der Waals surface area contributed by atoms with E-state index >= 15 is 0 Å². The molecule has 2 aromatic rings. The normalized spacial score (nSPS) is 18.2. The highest BCUT2D eigenvalue weighted by Gasteiger charge is 2.60. The highest BCUT2D eigenvalue weighted by Crippen LogP contribution is 2.48. The largest absolute Gasteiger partial charge is 0.494 e. The Morgan fingerprint density at radius 1 is 0.932 bits per heavy atom. The topological polar surface area (TPSA) is 102 Å². The van der Waals surface area contributed by atoms with Gasteiger partial charge >= 0.3 is 12.4 Å². The predicted octanol–water partition coefficient (Wildman–Crippen LogP) is 6.29. The third-order valence-corrected chi connectivity index (χ3v) is 7.66. The molecule has 44 heavy (non-hydrogen) atoms. The van der Waals surface area contributed by atoms with Crippen molar-refractivity contribution in [3.8, 4) is 5.75 Å². The maximum absolute atomic E-state index is 14.9. The molecule has 2 amide bonds. The van der Waals surface area contributed by atoms with Crippen LogP contribution in [0.15, 0.2) is 54.1 Å². The van der Waals surface area contributed by atoms with Gasteiger partial charge in [0.15, 0.2) is 5.54 Å². The van der Waals surface area contributed by atoms with Crippen LogP contribution < -0.4 is 14.8 Å². The molecule has 1 atom stereocenters. The van der Waals surface area contributed by atoms with Gasteiger partial charge in [-0.25, -0.2) is 13.1 Å². The molecule has 3 rings (SSSR count). The molecule has 2 aromatic carbocycles. The minimum Gasteiger partial charge on any atom is -0.494 e. The highest BCUT2D eigenvalue weighted by atomic mass is 32.2. The molecule has 242 valence electrons. The Morgan fingerprint density at radius 3 is 2.02 bits per heavy atom. The number of benzene rings is 2. The molecule has 0 saturated carbocycles. The Bertz CT molecular complexity index is 1490. The van der Waals surface area contributed by atoms with Crippen molar-refractivity contribution in [3.63, 3.8) is 0 Å². The van der Waals surface area contributed by atoms with Crippen molar-refractivity contribution in [3.05, 3.63) is 70.8 Å². The van der Waals surface area contributed by atoms with E-state index in [1.165, 1.54) is 24.3 Å². The zero-order chi connectivity index (χ0) is 33.1. The average Bonchev–Trinajstić information content (AvgIpc) is 2.87. The standard InChI is InChI=1S/C30H34F6N2O5S/c1-27(2,3)20-10-8-19(9-11-20)23-18-28(30(34,35)36,37-25(39)24(23)26(40)38-44(4,41)42)21-12-14-22(15-13-21)43-17-7-5-6-16-29(31,32)33/h8-15H,5-7,16-18H2,1-4H3,(H,37,39)(H,38,40)/t28-/m0/s1. The summed E-state index contributed by atoms with van der Waals surface area (Å²) >= 11 is 0. The summed E-state index contributed by atoms with van der Waals surface area (Å²) in [5, 5.41) is 1.93. The predicted molar refractivity (Wildman–Crippen MR) is 152 cm³/mol. The highest BCUT2D eigenvalue weighted by molar-refractivity contribution is 7.89. The molecule has 1 aliphatic heterocycles. The van der Waals surface area contributed by atoms with Gasteiger partial charge in [-0.15, -0.1) is 0 Å². The lowest BCUT2D eigenvalue weighted by atomic mass is 9.76. The first kappa shape index (κ1) is 34.9. The van der Waals surface area contributed by atoms with E-state index in [0.717, 1.165) is 17.7 Å². The molecule has 1 heterocycles. The van der Waals surface area contributed by atoms with Crippen LogP contribution in [-0.4, -0.2) is 45.4 Å². The smallest absolute Gasteiger partial charge is 0.416 e. The average molecular weight is 649 g/mol. The number of hydrogen-bond donors (Lipinski definition) is 2. The monoisotopic (exact) mass is 648 g/mol. The molecule has 0 bridgehead atoms. The van der Waals surface area contributed by atoms with Gasteiger partial charge in [-0.05, 0) is 59.1 Å². The summed E-state index contributed by atoms with van der Waals surface area (Å²) in [4.78, 5) is 26.2. The van der Waals surface area contributed by atoms with Crippen LogP contribution in [0.25, 0.3) is 5.57 Å². The number of unbranched alkanes of at least 4 members (excludes halogenated alkanes) is 2. The molecule has 7 nitrogen and oxygen atoms in total. The summed E-state index contributed by atoms with van der Waals surface area (Å²) in [6.45, 7) is 5.83. The van der Waals surface area contributed by atoms with Crippen LogP contribution >= 0.6 is 0 Å². The van der Waals surface area contributed by atoms with Gasteiger partial charge in [-0.3, -0.25) is 9.59 Å². The van der Waals surface area contributed by atoms with Gasteiger partial charge in [0, 0.05) is 12.8 Å². The van der Waals surface area contributed by atoms with E-state index in [-0.39, 0.29) is 47.3 Å². The van der Waals surface area contributed by atoms with Gasteiger partial charge in [0.25, 0.3) is 11.8 Å². The second kappa shape index (κ2) is 12.8. The number of amides is 2. The van der Waals surface area contributed by atoms with Crippen LogP contribution in [0.2, 0.25) is 0 Å². The Hall–Kier alpha value is -3.55. The minimum absolute atomic E-state index is 0.0502. The minimum atomic E-state index is -5.07. The third-order valence-electron chi connectivity index (χ3n) is 7.11. The Labute approximate surface area is 252 Å². The van der Waals surface area contributed by atoms with Gasteiger partial charge in [0.05, 0.1) is 12.9 Å². The van der Waals surface area contributed by atoms with Gasteiger partial charge in [0.2, 0.25) is 10.0 Å². The van der Waals surface area contributed by atoms with Crippen LogP contribution in [0.5, 0.6) is 5.75 Å². The lowest BCUT2D eigenvalue weighted by Gasteiger charge is -2.41. The summed E-state index contributed by atoms with van der Waals surface area (Å²) in [6, 6.07) is 11.0. The van der Waals surface area contributed by atoms with E-state index in [2.05, 4.69) is 0 Å². The summed E-state index contributed by atoms with van der Waals surface area (Å²) in [6.07, 6.45) is -10.00. The van der Waals surface area contributed by atoms with Crippen molar-refractivity contribution in [2.24, 2.45) is 0 Å². The second-order valence-corrected chi connectivity index (χ2v) is 13.5. The first-order valence-electron chi connectivity index (χ1n) is 13.7. The number of halogens is 6. The zero-order valence-corrected chi connectivity index (χ0v) is 25.4. The first-order chi connectivity index (χ1) is 20.1. The molecule has 2 N–H and O–H groups in total. The maximum atomic E-state index is 14.9. The fourth-order valence-corrected chi connectivity index (χ4v) is 5.25. The van der Waals surface area contributed by atoms with Gasteiger partial charge in [-0.2, -0.15) is 26.3 Å². The molecule has 0 fully saturated rings. The fourth-order valence-electron chi connectivity index (χ4n) is 4.81. The molecular formula is C30H34F6N2O5S. The Morgan fingerprint density at radius 2 is 1.52 bits per heavy atom. The van der Waals surface area contributed by atoms with E-state index < -0.39 is 58.1 Å². The number of carbonyl (C=O) groups excluding carboxylic acids is 2. The van der Waals surface area contributed by atoms with Crippen molar-refractivity contribution in [2.75, 3.05) is 12.9 Å². The molecule has 0 unspecified atom stereocenters. The number of alkyl halides is 6. The van der Waals surface area contributed by atoms with Crippen molar-refractivity contribution >= 4 is 27.4 Å². The molecule has 0 spiro atoms.